The molecule has 0 unspecified atom stereocenters. The quantitative estimate of drug-likeness (QED) is 0.841. The molecule has 1 atom stereocenters. The van der Waals surface area contributed by atoms with Crippen molar-refractivity contribution in [1.29, 1.82) is 0 Å². The van der Waals surface area contributed by atoms with Crippen molar-refractivity contribution in [1.82, 2.24) is 0 Å². The van der Waals surface area contributed by atoms with Crippen LogP contribution in [0.25, 0.3) is 0 Å². The molecule has 5 heteroatoms. The number of benzene rings is 1. The largest absolute Gasteiger partial charge is 0.493 e. The van der Waals surface area contributed by atoms with Crippen LogP contribution in [0.15, 0.2) is 18.2 Å². The van der Waals surface area contributed by atoms with Crippen molar-refractivity contribution in [2.24, 2.45) is 5.73 Å². The second kappa shape index (κ2) is 4.48. The summed E-state index contributed by atoms with van der Waals surface area (Å²) in [5, 5.41) is 0. The molecule has 0 bridgehead atoms. The maximum atomic E-state index is 6.35. The zero-order chi connectivity index (χ0) is 14.5. The molecule has 0 aliphatic carbocycles. The molecule has 1 aromatic carbocycles. The summed E-state index contributed by atoms with van der Waals surface area (Å²) in [6, 6.07) is 6.10. The fourth-order valence-corrected chi connectivity index (χ4v) is 2.61. The minimum absolute atomic E-state index is 0.290. The monoisotopic (exact) mass is 275 g/mol. The van der Waals surface area contributed by atoms with Gasteiger partial charge in [-0.3, -0.25) is 0 Å². The zero-order valence-electron chi connectivity index (χ0n) is 12.6. The molecule has 1 aromatic rings. The fraction of sp³-hybridized carbons (Fsp3) is 0.600. The van der Waals surface area contributed by atoms with Crippen molar-refractivity contribution in [3.8, 4) is 5.75 Å². The van der Waals surface area contributed by atoms with E-state index in [1.807, 2.05) is 39.8 Å². The summed E-state index contributed by atoms with van der Waals surface area (Å²) in [7, 11) is -0.416. The second-order valence-electron chi connectivity index (χ2n) is 6.62. The van der Waals surface area contributed by atoms with Gasteiger partial charge in [0.25, 0.3) is 0 Å². The lowest BCUT2D eigenvalue weighted by atomic mass is 9.74. The van der Waals surface area contributed by atoms with Gasteiger partial charge in [0.15, 0.2) is 0 Å². The van der Waals surface area contributed by atoms with Crippen molar-refractivity contribution < 1.29 is 14.0 Å². The van der Waals surface area contributed by atoms with E-state index in [9.17, 15) is 0 Å². The molecule has 0 radical (unpaired) electrons. The first-order chi connectivity index (χ1) is 9.30. The van der Waals surface area contributed by atoms with Crippen LogP contribution in [-0.2, 0) is 15.7 Å². The highest BCUT2D eigenvalue weighted by Crippen LogP contribution is 2.40. The Labute approximate surface area is 120 Å². The van der Waals surface area contributed by atoms with Gasteiger partial charge in [0.1, 0.15) is 5.75 Å². The van der Waals surface area contributed by atoms with Crippen LogP contribution < -0.4 is 10.5 Å². The summed E-state index contributed by atoms with van der Waals surface area (Å²) in [4.78, 5) is 0. The van der Waals surface area contributed by atoms with Gasteiger partial charge in [-0.15, -0.1) is 0 Å². The molecule has 2 heterocycles. The molecule has 0 saturated carbocycles. The van der Waals surface area contributed by atoms with Gasteiger partial charge in [-0.1, -0.05) is 12.1 Å². The lowest BCUT2D eigenvalue weighted by Gasteiger charge is -2.32. The topological polar surface area (TPSA) is 53.7 Å². The van der Waals surface area contributed by atoms with Crippen molar-refractivity contribution in [2.75, 3.05) is 6.61 Å². The first-order valence-electron chi connectivity index (χ1n) is 7.17. The Hall–Kier alpha value is -1.04. The number of ether oxygens (including phenoxy) is 1. The molecule has 2 aliphatic rings. The average Bonchev–Trinajstić information content (AvgIpc) is 2.90. The maximum absolute atomic E-state index is 6.35. The van der Waals surface area contributed by atoms with Gasteiger partial charge >= 0.3 is 7.12 Å². The third kappa shape index (κ3) is 2.14. The Balaban J connectivity index is 1.82. The first kappa shape index (κ1) is 13.9. The summed E-state index contributed by atoms with van der Waals surface area (Å²) >= 11 is 0. The van der Waals surface area contributed by atoms with Gasteiger partial charge in [-0.2, -0.15) is 0 Å². The number of rotatable bonds is 2. The minimum atomic E-state index is -0.416. The highest BCUT2D eigenvalue weighted by Gasteiger charge is 2.53. The summed E-state index contributed by atoms with van der Waals surface area (Å²) in [5.41, 5.74) is 7.89. The molecule has 3 rings (SSSR count). The molecule has 0 amide bonds. The van der Waals surface area contributed by atoms with Crippen molar-refractivity contribution in [3.63, 3.8) is 0 Å². The molecular formula is C15H22BNO3. The molecule has 20 heavy (non-hydrogen) atoms. The highest BCUT2D eigenvalue weighted by atomic mass is 16.7. The number of fused-ring (bicyclic) bond motifs is 1. The Kier molecular flexibility index (Phi) is 3.12. The second-order valence-corrected chi connectivity index (χ2v) is 6.62. The number of hydrogen-bond donors (Lipinski definition) is 1. The average molecular weight is 275 g/mol. The predicted octanol–water partition coefficient (Wildman–Crippen LogP) is 2.25. The molecule has 108 valence electrons. The molecule has 0 spiro atoms. The summed E-state index contributed by atoms with van der Waals surface area (Å²) in [6.45, 7) is 8.91. The summed E-state index contributed by atoms with van der Waals surface area (Å²) in [5.74, 6) is 0.678. The van der Waals surface area contributed by atoms with Crippen LogP contribution in [0.1, 0.15) is 44.8 Å². The van der Waals surface area contributed by atoms with Crippen molar-refractivity contribution in [3.05, 3.63) is 29.3 Å². The lowest BCUT2D eigenvalue weighted by molar-refractivity contribution is 0.00578. The first-order valence-corrected chi connectivity index (χ1v) is 7.17. The SMILES string of the molecule is CC1(C)OB([C@H](N)c2ccc3c(c2)CCO3)OC1(C)C. The zero-order valence-corrected chi connectivity index (χ0v) is 12.6. The van der Waals surface area contributed by atoms with Crippen LogP contribution in [-0.4, -0.2) is 24.9 Å². The van der Waals surface area contributed by atoms with E-state index >= 15 is 0 Å². The van der Waals surface area contributed by atoms with Gasteiger partial charge < -0.3 is 19.8 Å². The van der Waals surface area contributed by atoms with E-state index < -0.39 is 7.12 Å². The van der Waals surface area contributed by atoms with E-state index in [4.69, 9.17) is 19.8 Å². The van der Waals surface area contributed by atoms with Gasteiger partial charge in [-0.25, -0.2) is 0 Å². The minimum Gasteiger partial charge on any atom is -0.493 e. The Morgan fingerprint density at radius 3 is 2.45 bits per heavy atom. The predicted molar refractivity (Wildman–Crippen MR) is 78.7 cm³/mol. The van der Waals surface area contributed by atoms with E-state index in [0.717, 1.165) is 24.3 Å². The van der Waals surface area contributed by atoms with Crippen molar-refractivity contribution in [2.45, 2.75) is 51.3 Å². The highest BCUT2D eigenvalue weighted by molar-refractivity contribution is 6.47. The van der Waals surface area contributed by atoms with Crippen LogP contribution in [0.5, 0.6) is 5.75 Å². The Morgan fingerprint density at radius 1 is 1.15 bits per heavy atom. The summed E-state index contributed by atoms with van der Waals surface area (Å²) in [6.07, 6.45) is 0.944. The lowest BCUT2D eigenvalue weighted by Crippen LogP contribution is -2.41. The standard InChI is InChI=1S/C15H22BNO3/c1-14(2)15(3,4)20-16(19-14)13(17)11-5-6-12-10(9-11)7-8-18-12/h5-6,9,13H,7-8,17H2,1-4H3/t13-/m1/s1. The van der Waals surface area contributed by atoms with Gasteiger partial charge in [0.2, 0.25) is 0 Å². The maximum Gasteiger partial charge on any atom is 0.480 e. The van der Waals surface area contributed by atoms with Crippen LogP contribution in [0.4, 0.5) is 0 Å². The van der Waals surface area contributed by atoms with E-state index in [0.29, 0.717) is 0 Å². The van der Waals surface area contributed by atoms with Crippen LogP contribution >= 0.6 is 0 Å². The molecule has 4 nitrogen and oxygen atoms in total. The fourth-order valence-electron chi connectivity index (χ4n) is 2.61. The van der Waals surface area contributed by atoms with Gasteiger partial charge in [-0.05, 0) is 44.9 Å². The molecule has 1 fully saturated rings. The van der Waals surface area contributed by atoms with Gasteiger partial charge in [0.05, 0.1) is 23.8 Å². The van der Waals surface area contributed by atoms with E-state index in [1.165, 1.54) is 5.56 Å². The van der Waals surface area contributed by atoms with Gasteiger partial charge in [0, 0.05) is 6.42 Å². The molecular weight excluding hydrogens is 253 g/mol. The third-order valence-electron chi connectivity index (χ3n) is 4.66. The van der Waals surface area contributed by atoms with E-state index in [-0.39, 0.29) is 17.1 Å². The number of hydrogen-bond acceptors (Lipinski definition) is 4. The van der Waals surface area contributed by atoms with Crippen LogP contribution in [0.2, 0.25) is 0 Å². The van der Waals surface area contributed by atoms with Crippen LogP contribution in [0.3, 0.4) is 0 Å². The Bertz CT molecular complexity index is 514. The smallest absolute Gasteiger partial charge is 0.480 e. The van der Waals surface area contributed by atoms with E-state index in [2.05, 4.69) is 6.07 Å². The van der Waals surface area contributed by atoms with Crippen LogP contribution in [0, 0.1) is 0 Å². The third-order valence-corrected chi connectivity index (χ3v) is 4.66. The van der Waals surface area contributed by atoms with Crippen molar-refractivity contribution >= 4 is 7.12 Å². The molecule has 2 N–H and O–H groups in total. The Morgan fingerprint density at radius 2 is 1.80 bits per heavy atom. The summed E-state index contributed by atoms with van der Waals surface area (Å²) < 4.78 is 17.6. The molecule has 2 aliphatic heterocycles. The normalized spacial score (nSPS) is 24.4. The van der Waals surface area contributed by atoms with E-state index in [1.54, 1.807) is 0 Å². The molecule has 0 aromatic heterocycles. The number of nitrogens with two attached hydrogens (primary N) is 1. The molecule has 1 saturated heterocycles.